The number of benzene rings is 1. The highest BCUT2D eigenvalue weighted by atomic mass is 32.2. The second kappa shape index (κ2) is 8.87. The molecule has 2 aromatic rings. The smallest absolute Gasteiger partial charge is 0.337 e. The Hall–Kier alpha value is -2.38. The zero-order chi connectivity index (χ0) is 23.8. The van der Waals surface area contributed by atoms with E-state index in [1.54, 1.807) is 20.9 Å². The number of hydrogen-bond acceptors (Lipinski definition) is 6. The van der Waals surface area contributed by atoms with Crippen LogP contribution in [0.25, 0.3) is 0 Å². The molecular formula is C19H24F2N4O5S2. The third-order valence-electron chi connectivity index (χ3n) is 5.44. The number of hydrogen-bond donors (Lipinski definition) is 0. The van der Waals surface area contributed by atoms with Crippen LogP contribution in [-0.4, -0.2) is 73.7 Å². The van der Waals surface area contributed by atoms with Crippen LogP contribution in [0.5, 0.6) is 0 Å². The van der Waals surface area contributed by atoms with Crippen LogP contribution in [0.15, 0.2) is 34.1 Å². The topological polar surface area (TPSA) is 110 Å². The number of amides is 1. The molecule has 0 unspecified atom stereocenters. The molecule has 1 aliphatic rings. The van der Waals surface area contributed by atoms with Crippen molar-refractivity contribution in [2.75, 3.05) is 26.2 Å². The molecule has 0 aliphatic carbocycles. The summed E-state index contributed by atoms with van der Waals surface area (Å²) < 4.78 is 79.3. The van der Waals surface area contributed by atoms with E-state index in [9.17, 15) is 30.4 Å². The molecule has 13 heteroatoms. The molecule has 1 aliphatic heterocycles. The van der Waals surface area contributed by atoms with Crippen molar-refractivity contribution in [3.05, 3.63) is 41.2 Å². The molecule has 1 aromatic carbocycles. The van der Waals surface area contributed by atoms with Crippen molar-refractivity contribution >= 4 is 25.8 Å². The first kappa shape index (κ1) is 24.3. The third kappa shape index (κ3) is 4.28. The van der Waals surface area contributed by atoms with Gasteiger partial charge in [-0.1, -0.05) is 12.1 Å². The molecule has 0 atom stereocenters. The van der Waals surface area contributed by atoms with Crippen molar-refractivity contribution < 1.29 is 30.4 Å². The molecule has 0 saturated carbocycles. The largest absolute Gasteiger partial charge is 0.341 e. The number of alkyl halides is 2. The molecule has 0 bridgehead atoms. The Morgan fingerprint density at radius 1 is 1.03 bits per heavy atom. The Morgan fingerprint density at radius 2 is 1.69 bits per heavy atom. The number of aryl methyl sites for hydroxylation is 2. The molecule has 32 heavy (non-hydrogen) atoms. The summed E-state index contributed by atoms with van der Waals surface area (Å²) in [6.07, 6.45) is 0.299. The lowest BCUT2D eigenvalue weighted by Gasteiger charge is -2.23. The molecular weight excluding hydrogens is 466 g/mol. The van der Waals surface area contributed by atoms with Crippen molar-refractivity contribution in [2.45, 2.75) is 35.8 Å². The van der Waals surface area contributed by atoms with Gasteiger partial charge in [0, 0.05) is 33.2 Å². The lowest BCUT2D eigenvalue weighted by molar-refractivity contribution is 0.0760. The van der Waals surface area contributed by atoms with Crippen molar-refractivity contribution in [1.82, 2.24) is 19.0 Å². The summed E-state index contributed by atoms with van der Waals surface area (Å²) in [7, 11) is -7.19. The molecule has 1 aromatic heterocycles. The van der Waals surface area contributed by atoms with Gasteiger partial charge in [0.1, 0.15) is 4.90 Å². The first-order chi connectivity index (χ1) is 14.9. The number of rotatable bonds is 5. The van der Waals surface area contributed by atoms with Gasteiger partial charge >= 0.3 is 5.76 Å². The summed E-state index contributed by atoms with van der Waals surface area (Å²) in [4.78, 5) is 13.7. The summed E-state index contributed by atoms with van der Waals surface area (Å²) in [5, 5.41) is 4.15. The molecule has 0 spiro atoms. The highest BCUT2D eigenvalue weighted by Crippen LogP contribution is 2.26. The predicted molar refractivity (Wildman–Crippen MR) is 112 cm³/mol. The molecule has 9 nitrogen and oxygen atoms in total. The minimum Gasteiger partial charge on any atom is -0.337 e. The van der Waals surface area contributed by atoms with Gasteiger partial charge in [0.25, 0.3) is 5.91 Å². The number of halogens is 2. The van der Waals surface area contributed by atoms with Gasteiger partial charge in [0.2, 0.25) is 19.9 Å². The number of aromatic nitrogens is 2. The molecule has 0 N–H and O–H groups in total. The van der Waals surface area contributed by atoms with Crippen LogP contribution in [-0.2, 0) is 26.9 Å². The Morgan fingerprint density at radius 3 is 2.28 bits per heavy atom. The summed E-state index contributed by atoms with van der Waals surface area (Å²) in [5.41, 5.74) is 0.502. The molecule has 2 heterocycles. The van der Waals surface area contributed by atoms with E-state index in [0.717, 1.165) is 6.07 Å². The maximum atomic E-state index is 13.2. The third-order valence-corrected chi connectivity index (χ3v) is 9.03. The van der Waals surface area contributed by atoms with E-state index in [1.165, 1.54) is 32.1 Å². The second-order valence-corrected chi connectivity index (χ2v) is 11.2. The van der Waals surface area contributed by atoms with E-state index >= 15 is 0 Å². The van der Waals surface area contributed by atoms with Gasteiger partial charge in [-0.05, 0) is 32.4 Å². The molecule has 0 radical (unpaired) electrons. The van der Waals surface area contributed by atoms with E-state index in [2.05, 4.69) is 5.10 Å². The lowest BCUT2D eigenvalue weighted by Crippen LogP contribution is -2.38. The van der Waals surface area contributed by atoms with E-state index in [4.69, 9.17) is 0 Å². The summed E-state index contributed by atoms with van der Waals surface area (Å²) >= 11 is 0. The van der Waals surface area contributed by atoms with Gasteiger partial charge in [-0.25, -0.2) is 16.8 Å². The average Bonchev–Trinajstić information content (AvgIpc) is 2.90. The van der Waals surface area contributed by atoms with Gasteiger partial charge < -0.3 is 4.90 Å². The summed E-state index contributed by atoms with van der Waals surface area (Å²) in [5.74, 6) is -4.40. The van der Waals surface area contributed by atoms with Crippen LogP contribution in [0.4, 0.5) is 8.78 Å². The van der Waals surface area contributed by atoms with E-state index in [-0.39, 0.29) is 36.6 Å². The molecule has 1 amide bonds. The van der Waals surface area contributed by atoms with Gasteiger partial charge in [-0.15, -0.1) is 0 Å². The zero-order valence-corrected chi connectivity index (χ0v) is 19.5. The summed E-state index contributed by atoms with van der Waals surface area (Å²) in [6, 6.07) is 4.80. The molecule has 1 saturated heterocycles. The lowest BCUT2D eigenvalue weighted by atomic mass is 10.2. The first-order valence-corrected chi connectivity index (χ1v) is 12.8. The van der Waals surface area contributed by atoms with E-state index < -0.39 is 36.4 Å². The normalized spacial score (nSPS) is 16.4. The zero-order valence-electron chi connectivity index (χ0n) is 17.8. The Kier molecular flexibility index (Phi) is 6.72. The second-order valence-electron chi connectivity index (χ2n) is 7.48. The van der Waals surface area contributed by atoms with Crippen LogP contribution in [0, 0.1) is 13.8 Å². The fraction of sp³-hybridized carbons (Fsp3) is 0.474. The van der Waals surface area contributed by atoms with Crippen molar-refractivity contribution in [1.29, 1.82) is 0 Å². The minimum absolute atomic E-state index is 0.0144. The van der Waals surface area contributed by atoms with Crippen molar-refractivity contribution in [2.24, 2.45) is 7.05 Å². The SMILES string of the molecule is Cc1nn(C)c(C)c1S(=O)(=O)N1CCCN(C(=O)c2ccccc2S(=O)(=O)C(F)F)CC1. The molecule has 176 valence electrons. The quantitative estimate of drug-likeness (QED) is 0.629. The van der Waals surface area contributed by atoms with Crippen molar-refractivity contribution in [3.63, 3.8) is 0 Å². The van der Waals surface area contributed by atoms with E-state index in [1.807, 2.05) is 0 Å². The first-order valence-electron chi connectivity index (χ1n) is 9.79. The summed E-state index contributed by atoms with van der Waals surface area (Å²) in [6.45, 7) is 3.52. The highest BCUT2D eigenvalue weighted by Gasteiger charge is 2.35. The highest BCUT2D eigenvalue weighted by molar-refractivity contribution is 7.91. The number of nitrogens with zero attached hydrogens (tertiary/aromatic N) is 4. The Labute approximate surface area is 185 Å². The number of sulfone groups is 1. The van der Waals surface area contributed by atoms with Gasteiger partial charge in [-0.2, -0.15) is 18.2 Å². The fourth-order valence-corrected chi connectivity index (χ4v) is 6.54. The molecule has 3 rings (SSSR count). The average molecular weight is 491 g/mol. The van der Waals surface area contributed by atoms with Crippen LogP contribution in [0.3, 0.4) is 0 Å². The fourth-order valence-electron chi connectivity index (χ4n) is 3.75. The Balaban J connectivity index is 1.86. The van der Waals surface area contributed by atoms with E-state index in [0.29, 0.717) is 17.8 Å². The number of sulfonamides is 1. The number of carbonyl (C=O) groups is 1. The Bertz CT molecular complexity index is 1240. The van der Waals surface area contributed by atoms with Crippen LogP contribution < -0.4 is 0 Å². The monoisotopic (exact) mass is 490 g/mol. The van der Waals surface area contributed by atoms with Crippen LogP contribution >= 0.6 is 0 Å². The number of carbonyl (C=O) groups excluding carboxylic acids is 1. The van der Waals surface area contributed by atoms with Gasteiger partial charge in [-0.3, -0.25) is 9.48 Å². The van der Waals surface area contributed by atoms with Gasteiger partial charge in [0.05, 0.1) is 21.8 Å². The predicted octanol–water partition coefficient (Wildman–Crippen LogP) is 1.57. The van der Waals surface area contributed by atoms with Crippen molar-refractivity contribution in [3.8, 4) is 0 Å². The van der Waals surface area contributed by atoms with Crippen LogP contribution in [0.2, 0.25) is 0 Å². The molecule has 1 fully saturated rings. The van der Waals surface area contributed by atoms with Gasteiger partial charge in [0.15, 0.2) is 0 Å². The minimum atomic E-state index is -4.97. The standard InChI is InChI=1S/C19H24F2N4O5S2/c1-13-17(14(2)23(3)22-13)32(29,30)25-10-6-9-24(11-12-25)18(26)15-7-4-5-8-16(15)31(27,28)19(20)21/h4-5,7-8,19H,6,9-12H2,1-3H3. The van der Waals surface area contributed by atoms with Crippen LogP contribution in [0.1, 0.15) is 28.2 Å². The maximum absolute atomic E-state index is 13.2. The maximum Gasteiger partial charge on any atom is 0.341 e.